The SMILES string of the molecule is Cc1cc2c3c(c1)N(c1ccc(F)cc1F)c1c(oc4cc5c(cc14)C(C)(C)CCC5(C)C)B3c1cc3c(cc1N2c1ccc2c(c1)C(C)(C)CCC2(C)C)C(C)(C)CCC3(C)C. The van der Waals surface area contributed by atoms with Crippen LogP contribution in [-0.4, -0.2) is 6.71 Å². The van der Waals surface area contributed by atoms with E-state index in [4.69, 9.17) is 4.42 Å². The maximum absolute atomic E-state index is 16.7. The molecule has 0 unspecified atom stereocenters. The molecule has 0 bridgehead atoms. The van der Waals surface area contributed by atoms with Crippen molar-refractivity contribution in [2.75, 3.05) is 9.80 Å². The molecule has 0 atom stereocenters. The Balaban J connectivity index is 1.28. The van der Waals surface area contributed by atoms with E-state index >= 15 is 4.39 Å². The molecule has 0 N–H and O–H groups in total. The van der Waals surface area contributed by atoms with Gasteiger partial charge in [0.15, 0.2) is 0 Å². The van der Waals surface area contributed by atoms with Gasteiger partial charge in [-0.3, -0.25) is 0 Å². The molecule has 0 fully saturated rings. The van der Waals surface area contributed by atoms with E-state index in [-0.39, 0.29) is 39.2 Å². The van der Waals surface area contributed by atoms with Crippen LogP contribution in [0.2, 0.25) is 0 Å². The van der Waals surface area contributed by atoms with Crippen LogP contribution in [0.1, 0.15) is 161 Å². The first-order valence-corrected chi connectivity index (χ1v) is 23.6. The molecular weight excluding hydrogens is 777 g/mol. The smallest absolute Gasteiger partial charge is 0.297 e. The highest BCUT2D eigenvalue weighted by atomic mass is 19.1. The van der Waals surface area contributed by atoms with Crippen molar-refractivity contribution in [1.82, 2.24) is 0 Å². The van der Waals surface area contributed by atoms with Crippen molar-refractivity contribution in [3.8, 4) is 0 Å². The average molecular weight is 841 g/mol. The van der Waals surface area contributed by atoms with E-state index in [1.165, 1.54) is 50.6 Å². The van der Waals surface area contributed by atoms with E-state index in [0.717, 1.165) is 95.0 Å². The fourth-order valence-corrected chi connectivity index (χ4v) is 12.6. The molecule has 63 heavy (non-hydrogen) atoms. The molecule has 5 aliphatic rings. The summed E-state index contributed by atoms with van der Waals surface area (Å²) >= 11 is 0. The molecule has 0 saturated heterocycles. The van der Waals surface area contributed by atoms with Gasteiger partial charge in [0.05, 0.1) is 17.0 Å². The highest BCUT2D eigenvalue weighted by molar-refractivity contribution is 7.00. The molecule has 2 aliphatic heterocycles. The Hall–Kier alpha value is -4.84. The highest BCUT2D eigenvalue weighted by Crippen LogP contribution is 2.55. The van der Waals surface area contributed by atoms with Crippen molar-refractivity contribution in [1.29, 1.82) is 0 Å². The molecule has 324 valence electrons. The maximum atomic E-state index is 16.7. The lowest BCUT2D eigenvalue weighted by Crippen LogP contribution is -2.61. The Morgan fingerprint density at radius 3 is 1.59 bits per heavy atom. The van der Waals surface area contributed by atoms with Gasteiger partial charge in [0, 0.05) is 34.2 Å². The second kappa shape index (κ2) is 12.7. The van der Waals surface area contributed by atoms with Crippen molar-refractivity contribution < 1.29 is 13.2 Å². The van der Waals surface area contributed by atoms with Gasteiger partial charge in [-0.05, 0) is 182 Å². The summed E-state index contributed by atoms with van der Waals surface area (Å²) in [5.74, 6) is -1.20. The van der Waals surface area contributed by atoms with Gasteiger partial charge in [-0.2, -0.15) is 0 Å². The molecule has 3 heterocycles. The minimum absolute atomic E-state index is 0.0122. The molecule has 5 aromatic carbocycles. The van der Waals surface area contributed by atoms with Crippen molar-refractivity contribution in [2.45, 2.75) is 161 Å². The van der Waals surface area contributed by atoms with E-state index in [1.54, 1.807) is 6.07 Å². The summed E-state index contributed by atoms with van der Waals surface area (Å²) in [6.07, 6.45) is 6.64. The maximum Gasteiger partial charge on any atom is 0.297 e. The van der Waals surface area contributed by atoms with Crippen LogP contribution in [-0.2, 0) is 32.5 Å². The normalized spacial score (nSPS) is 21.2. The Morgan fingerprint density at radius 1 is 0.492 bits per heavy atom. The van der Waals surface area contributed by atoms with Gasteiger partial charge in [-0.1, -0.05) is 95.2 Å². The highest BCUT2D eigenvalue weighted by Gasteiger charge is 2.50. The van der Waals surface area contributed by atoms with Gasteiger partial charge in [0.25, 0.3) is 6.71 Å². The molecule has 3 nitrogen and oxygen atoms in total. The van der Waals surface area contributed by atoms with Gasteiger partial charge in [0.1, 0.15) is 17.2 Å². The summed E-state index contributed by atoms with van der Waals surface area (Å²) in [5.41, 5.74) is 18.6. The van der Waals surface area contributed by atoms with Crippen LogP contribution in [0.5, 0.6) is 0 Å². The molecule has 0 saturated carbocycles. The molecule has 3 aliphatic carbocycles. The van der Waals surface area contributed by atoms with Crippen LogP contribution in [0.15, 0.2) is 77.2 Å². The largest absolute Gasteiger partial charge is 0.468 e. The zero-order valence-corrected chi connectivity index (χ0v) is 39.8. The van der Waals surface area contributed by atoms with Crippen LogP contribution in [0.4, 0.5) is 42.9 Å². The Morgan fingerprint density at radius 2 is 1.00 bits per heavy atom. The number of halogens is 2. The number of rotatable bonds is 2. The number of hydrogen-bond donors (Lipinski definition) is 0. The summed E-state index contributed by atoms with van der Waals surface area (Å²) in [6.45, 7) is 30.5. The summed E-state index contributed by atoms with van der Waals surface area (Å²) in [4.78, 5) is 4.59. The molecule has 6 heteroatoms. The first kappa shape index (κ1) is 40.9. The number of hydrogen-bond acceptors (Lipinski definition) is 3. The fraction of sp³-hybridized carbons (Fsp3) is 0.439. The van der Waals surface area contributed by atoms with E-state index in [9.17, 15) is 4.39 Å². The topological polar surface area (TPSA) is 19.6 Å². The molecule has 6 aromatic rings. The zero-order valence-electron chi connectivity index (χ0n) is 39.8. The first-order chi connectivity index (χ1) is 29.4. The lowest BCUT2D eigenvalue weighted by Gasteiger charge is -2.47. The van der Waals surface area contributed by atoms with Crippen LogP contribution >= 0.6 is 0 Å². The van der Waals surface area contributed by atoms with Crippen LogP contribution in [0.25, 0.3) is 11.0 Å². The van der Waals surface area contributed by atoms with E-state index in [0.29, 0.717) is 5.69 Å². The summed E-state index contributed by atoms with van der Waals surface area (Å²) in [5, 5.41) is 0.967. The number of anilines is 6. The van der Waals surface area contributed by atoms with Gasteiger partial charge in [-0.15, -0.1) is 0 Å². The number of benzene rings is 5. The zero-order chi connectivity index (χ0) is 44.7. The number of fused-ring (bicyclic) bond motifs is 9. The minimum atomic E-state index is -0.603. The van der Waals surface area contributed by atoms with Gasteiger partial charge in [0.2, 0.25) is 0 Å². The summed E-state index contributed by atoms with van der Waals surface area (Å²) in [6, 6.07) is 25.5. The first-order valence-electron chi connectivity index (χ1n) is 23.6. The quantitative estimate of drug-likeness (QED) is 0.162. The predicted octanol–water partition coefficient (Wildman–Crippen LogP) is 14.1. The molecule has 0 amide bonds. The fourth-order valence-electron chi connectivity index (χ4n) is 12.6. The average Bonchev–Trinajstić information content (AvgIpc) is 3.58. The van der Waals surface area contributed by atoms with Gasteiger partial charge >= 0.3 is 0 Å². The molecule has 1 aromatic heterocycles. The van der Waals surface area contributed by atoms with Gasteiger partial charge < -0.3 is 14.2 Å². The minimum Gasteiger partial charge on any atom is -0.468 e. The van der Waals surface area contributed by atoms with Crippen molar-refractivity contribution in [2.24, 2.45) is 0 Å². The van der Waals surface area contributed by atoms with E-state index in [1.807, 2.05) is 0 Å². The third-order valence-electron chi connectivity index (χ3n) is 17.0. The molecular formula is C57H63BF2N2O. The van der Waals surface area contributed by atoms with Gasteiger partial charge in [-0.25, -0.2) is 8.78 Å². The molecule has 11 rings (SSSR count). The second-order valence-electron chi connectivity index (χ2n) is 24.1. The van der Waals surface area contributed by atoms with E-state index in [2.05, 4.69) is 154 Å². The summed E-state index contributed by atoms with van der Waals surface area (Å²) in [7, 11) is 0. The number of nitrogens with zero attached hydrogens (tertiary/aromatic N) is 2. The van der Waals surface area contributed by atoms with Crippen LogP contribution in [0, 0.1) is 18.6 Å². The molecule has 0 spiro atoms. The van der Waals surface area contributed by atoms with E-state index < -0.39 is 11.6 Å². The monoisotopic (exact) mass is 841 g/mol. The predicted molar refractivity (Wildman–Crippen MR) is 261 cm³/mol. The standard InChI is InChI=1S/C57H63BF2N2O/c1-32-24-46-49-47(25-32)62(44-17-14-33(59)26-43(44)60)50-35-28-38-41(57(12,13)23-20-54(38,6)7)31-48(35)63-51(50)58(49)42-29-39-40(56(10,11)22-21-55(39,8)9)30-45(42)61(46)34-15-16-36-37(27-34)53(4,5)19-18-52(36,2)3/h14-17,24-31H,18-23H2,1-13H3. The lowest BCUT2D eigenvalue weighted by molar-refractivity contribution is 0.332. The van der Waals surface area contributed by atoms with Crippen molar-refractivity contribution in [3.63, 3.8) is 0 Å². The third-order valence-corrected chi connectivity index (χ3v) is 17.0. The van der Waals surface area contributed by atoms with Crippen molar-refractivity contribution in [3.05, 3.63) is 123 Å². The second-order valence-corrected chi connectivity index (χ2v) is 24.1. The van der Waals surface area contributed by atoms with Crippen LogP contribution in [0.3, 0.4) is 0 Å². The van der Waals surface area contributed by atoms with Crippen LogP contribution < -0.4 is 26.4 Å². The number of aryl methyl sites for hydroxylation is 1. The third kappa shape index (κ3) is 5.74. The Bertz CT molecular complexity index is 2980. The lowest BCUT2D eigenvalue weighted by atomic mass is 9.35. The number of furan rings is 1. The Labute approximate surface area is 374 Å². The van der Waals surface area contributed by atoms with Crippen molar-refractivity contribution >= 4 is 68.4 Å². The Kier molecular flexibility index (Phi) is 8.25. The summed E-state index contributed by atoms with van der Waals surface area (Å²) < 4.78 is 39.0. The molecule has 0 radical (unpaired) electrons.